The Hall–Kier alpha value is -2.83. The van der Waals surface area contributed by atoms with Crippen molar-refractivity contribution >= 4 is 23.3 Å². The van der Waals surface area contributed by atoms with E-state index in [0.29, 0.717) is 17.1 Å². The van der Waals surface area contributed by atoms with Crippen molar-refractivity contribution in [2.24, 2.45) is 5.73 Å². The molecule has 1 atom stereocenters. The SMILES string of the molecule is NC(=O)c1c(-c2ccc(Cc3ccc(Cl)cc3)cc2)nn(C2CCCNC2)c1N. The molecule has 1 aliphatic rings. The Labute approximate surface area is 174 Å². The zero-order valence-electron chi connectivity index (χ0n) is 16.1. The number of piperidine rings is 1. The maximum atomic E-state index is 12.1. The minimum absolute atomic E-state index is 0.125. The molecular formula is C22H24ClN5O. The van der Waals surface area contributed by atoms with Crippen LogP contribution in [0, 0.1) is 0 Å². The molecule has 0 aliphatic carbocycles. The first-order valence-electron chi connectivity index (χ1n) is 9.75. The van der Waals surface area contributed by atoms with Gasteiger partial charge in [0, 0.05) is 17.1 Å². The first-order valence-corrected chi connectivity index (χ1v) is 10.1. The number of nitrogens with two attached hydrogens (primary N) is 2. The fourth-order valence-corrected chi connectivity index (χ4v) is 3.96. The molecule has 0 bridgehead atoms. The summed E-state index contributed by atoms with van der Waals surface area (Å²) in [4.78, 5) is 12.1. The van der Waals surface area contributed by atoms with E-state index in [4.69, 9.17) is 23.1 Å². The lowest BCUT2D eigenvalue weighted by molar-refractivity contribution is 0.100. The van der Waals surface area contributed by atoms with Crippen molar-refractivity contribution < 1.29 is 4.79 Å². The number of carbonyl (C=O) groups is 1. The molecule has 7 heteroatoms. The van der Waals surface area contributed by atoms with E-state index in [0.717, 1.165) is 48.5 Å². The second kappa shape index (κ2) is 8.27. The lowest BCUT2D eigenvalue weighted by atomic mass is 10.0. The number of rotatable bonds is 5. The lowest BCUT2D eigenvalue weighted by Crippen LogP contribution is -2.32. The van der Waals surface area contributed by atoms with Gasteiger partial charge in [-0.3, -0.25) is 4.79 Å². The van der Waals surface area contributed by atoms with E-state index in [2.05, 4.69) is 10.4 Å². The van der Waals surface area contributed by atoms with Crippen LogP contribution >= 0.6 is 11.6 Å². The van der Waals surface area contributed by atoms with Crippen molar-refractivity contribution in [3.63, 3.8) is 0 Å². The van der Waals surface area contributed by atoms with E-state index < -0.39 is 5.91 Å². The third-order valence-electron chi connectivity index (χ3n) is 5.36. The van der Waals surface area contributed by atoms with Gasteiger partial charge in [0.1, 0.15) is 17.1 Å². The second-order valence-electron chi connectivity index (χ2n) is 7.42. The number of benzene rings is 2. The minimum Gasteiger partial charge on any atom is -0.383 e. The highest BCUT2D eigenvalue weighted by Crippen LogP contribution is 2.31. The average Bonchev–Trinajstić information content (AvgIpc) is 3.08. The monoisotopic (exact) mass is 409 g/mol. The molecule has 2 heterocycles. The van der Waals surface area contributed by atoms with E-state index in [-0.39, 0.29) is 6.04 Å². The number of nitrogens with one attached hydrogen (secondary N) is 1. The Morgan fingerprint density at radius 2 is 1.79 bits per heavy atom. The van der Waals surface area contributed by atoms with Crippen molar-refractivity contribution in [2.75, 3.05) is 18.8 Å². The van der Waals surface area contributed by atoms with E-state index in [9.17, 15) is 4.79 Å². The van der Waals surface area contributed by atoms with Crippen LogP contribution in [-0.4, -0.2) is 28.8 Å². The van der Waals surface area contributed by atoms with Crippen LogP contribution in [0.2, 0.25) is 5.02 Å². The first-order chi connectivity index (χ1) is 14.0. The fourth-order valence-electron chi connectivity index (χ4n) is 3.83. The summed E-state index contributed by atoms with van der Waals surface area (Å²) in [7, 11) is 0. The highest BCUT2D eigenvalue weighted by Gasteiger charge is 2.26. The zero-order valence-corrected chi connectivity index (χ0v) is 16.8. The van der Waals surface area contributed by atoms with Gasteiger partial charge >= 0.3 is 0 Å². The maximum Gasteiger partial charge on any atom is 0.254 e. The first kappa shape index (κ1) is 19.5. The van der Waals surface area contributed by atoms with Crippen LogP contribution in [0.5, 0.6) is 0 Å². The minimum atomic E-state index is -0.558. The number of amides is 1. The molecule has 0 spiro atoms. The third-order valence-corrected chi connectivity index (χ3v) is 5.61. The van der Waals surface area contributed by atoms with Crippen molar-refractivity contribution in [2.45, 2.75) is 25.3 Å². The van der Waals surface area contributed by atoms with Crippen LogP contribution < -0.4 is 16.8 Å². The summed E-state index contributed by atoms with van der Waals surface area (Å²) in [6.45, 7) is 1.77. The predicted molar refractivity (Wildman–Crippen MR) is 116 cm³/mol. The molecule has 1 unspecified atom stereocenters. The number of carbonyl (C=O) groups excluding carboxylic acids is 1. The highest BCUT2D eigenvalue weighted by atomic mass is 35.5. The van der Waals surface area contributed by atoms with Gasteiger partial charge in [-0.2, -0.15) is 5.10 Å². The molecule has 1 aromatic heterocycles. The Morgan fingerprint density at radius 3 is 2.38 bits per heavy atom. The molecule has 5 N–H and O–H groups in total. The van der Waals surface area contributed by atoms with E-state index in [1.807, 2.05) is 48.5 Å². The van der Waals surface area contributed by atoms with Gasteiger partial charge in [-0.25, -0.2) is 4.68 Å². The molecule has 2 aromatic carbocycles. The number of hydrogen-bond acceptors (Lipinski definition) is 4. The predicted octanol–water partition coefficient (Wildman–Crippen LogP) is 3.40. The summed E-state index contributed by atoms with van der Waals surface area (Å²) in [5.41, 5.74) is 15.9. The Kier molecular flexibility index (Phi) is 5.56. The van der Waals surface area contributed by atoms with Gasteiger partial charge in [-0.15, -0.1) is 0 Å². The fraction of sp³-hybridized carbons (Fsp3) is 0.273. The van der Waals surface area contributed by atoms with Crippen molar-refractivity contribution in [1.82, 2.24) is 15.1 Å². The maximum absolute atomic E-state index is 12.1. The topological polar surface area (TPSA) is 99.0 Å². The molecule has 3 aromatic rings. The highest BCUT2D eigenvalue weighted by molar-refractivity contribution is 6.30. The molecule has 0 saturated carbocycles. The van der Waals surface area contributed by atoms with E-state index in [1.54, 1.807) is 4.68 Å². The van der Waals surface area contributed by atoms with Crippen LogP contribution in [-0.2, 0) is 6.42 Å². The average molecular weight is 410 g/mol. The van der Waals surface area contributed by atoms with Crippen LogP contribution in [0.15, 0.2) is 48.5 Å². The normalized spacial score (nSPS) is 16.7. The van der Waals surface area contributed by atoms with Crippen molar-refractivity contribution in [1.29, 1.82) is 0 Å². The largest absolute Gasteiger partial charge is 0.383 e. The molecule has 4 rings (SSSR count). The number of nitrogen functional groups attached to an aromatic ring is 1. The summed E-state index contributed by atoms with van der Waals surface area (Å²) in [6.07, 6.45) is 2.81. The number of primary amides is 1. The molecule has 6 nitrogen and oxygen atoms in total. The van der Waals surface area contributed by atoms with Crippen LogP contribution in [0.4, 0.5) is 5.82 Å². The van der Waals surface area contributed by atoms with Gasteiger partial charge < -0.3 is 16.8 Å². The molecule has 150 valence electrons. The van der Waals surface area contributed by atoms with Crippen LogP contribution in [0.1, 0.15) is 40.4 Å². The molecule has 0 radical (unpaired) electrons. The van der Waals surface area contributed by atoms with E-state index >= 15 is 0 Å². The van der Waals surface area contributed by atoms with Gasteiger partial charge in [-0.05, 0) is 49.1 Å². The number of aromatic nitrogens is 2. The number of hydrogen-bond donors (Lipinski definition) is 3. The summed E-state index contributed by atoms with van der Waals surface area (Å²) in [5, 5.41) is 8.76. The van der Waals surface area contributed by atoms with Crippen molar-refractivity contribution in [3.8, 4) is 11.3 Å². The van der Waals surface area contributed by atoms with Gasteiger partial charge in [-0.1, -0.05) is 48.0 Å². The molecule has 1 saturated heterocycles. The molecule has 29 heavy (non-hydrogen) atoms. The summed E-state index contributed by atoms with van der Waals surface area (Å²) >= 11 is 5.95. The van der Waals surface area contributed by atoms with Crippen LogP contribution in [0.3, 0.4) is 0 Å². The Morgan fingerprint density at radius 1 is 1.14 bits per heavy atom. The lowest BCUT2D eigenvalue weighted by Gasteiger charge is -2.23. The molecular weight excluding hydrogens is 386 g/mol. The zero-order chi connectivity index (χ0) is 20.4. The molecule has 1 aliphatic heterocycles. The van der Waals surface area contributed by atoms with Crippen molar-refractivity contribution in [3.05, 3.63) is 70.2 Å². The van der Waals surface area contributed by atoms with Gasteiger partial charge in [0.25, 0.3) is 5.91 Å². The van der Waals surface area contributed by atoms with E-state index in [1.165, 1.54) is 5.56 Å². The van der Waals surface area contributed by atoms with Crippen LogP contribution in [0.25, 0.3) is 11.3 Å². The Bertz CT molecular complexity index is 1000. The van der Waals surface area contributed by atoms with Gasteiger partial charge in [0.2, 0.25) is 0 Å². The summed E-state index contributed by atoms with van der Waals surface area (Å²) in [6, 6.07) is 15.9. The quantitative estimate of drug-likeness (QED) is 0.601. The number of anilines is 1. The summed E-state index contributed by atoms with van der Waals surface area (Å²) < 4.78 is 1.75. The second-order valence-corrected chi connectivity index (χ2v) is 7.85. The van der Waals surface area contributed by atoms with Gasteiger partial charge in [0.05, 0.1) is 6.04 Å². The van der Waals surface area contributed by atoms with Gasteiger partial charge in [0.15, 0.2) is 0 Å². The summed E-state index contributed by atoms with van der Waals surface area (Å²) in [5.74, 6) is -0.218. The molecule has 1 amide bonds. The smallest absolute Gasteiger partial charge is 0.254 e. The molecule has 1 fully saturated rings. The third kappa shape index (κ3) is 4.13. The number of halogens is 1. The Balaban J connectivity index is 1.63. The number of nitrogens with zero attached hydrogens (tertiary/aromatic N) is 2. The standard InChI is InChI=1S/C22H24ClN5O/c23-17-9-5-15(6-10-17)12-14-3-7-16(8-4-14)20-19(22(25)29)21(24)28(27-20)18-2-1-11-26-13-18/h3-10,18,26H,1-2,11-13,24H2,(H2,25,29).